The Morgan fingerprint density at radius 2 is 1.67 bits per heavy atom. The van der Waals surface area contributed by atoms with Gasteiger partial charge in [0.25, 0.3) is 9.84 Å². The molecule has 0 atom stereocenters. The molecule has 0 unspecified atom stereocenters. The molecule has 0 aliphatic carbocycles. The summed E-state index contributed by atoms with van der Waals surface area (Å²) >= 11 is 5.17. The van der Waals surface area contributed by atoms with Crippen molar-refractivity contribution >= 4 is 54.7 Å². The Morgan fingerprint density at radius 1 is 0.952 bits per heavy atom. The maximum atomic E-state index is 12.9. The highest BCUT2D eigenvalue weighted by molar-refractivity contribution is 7.91. The normalized spacial score (nSPS) is 11.1. The molecular weight excluding hydrogens is 625 g/mol. The minimum Gasteiger partial charge on any atom is -0.454 e. The first-order chi connectivity index (χ1) is 20.2. The van der Waals surface area contributed by atoms with Crippen molar-refractivity contribution in [3.05, 3.63) is 99.5 Å². The van der Waals surface area contributed by atoms with E-state index in [0.717, 1.165) is 14.3 Å². The first kappa shape index (κ1) is 29.1. The van der Waals surface area contributed by atoms with E-state index in [-0.39, 0.29) is 27.5 Å². The third-order valence-electron chi connectivity index (χ3n) is 5.54. The Balaban J connectivity index is 1.20. The lowest BCUT2D eigenvalue weighted by Gasteiger charge is -2.10. The minimum absolute atomic E-state index is 0.00629. The van der Waals surface area contributed by atoms with Gasteiger partial charge in [-0.05, 0) is 65.1 Å². The molecule has 0 spiro atoms. The molecule has 0 saturated heterocycles. The van der Waals surface area contributed by atoms with Gasteiger partial charge in [0.1, 0.15) is 27.5 Å². The number of carbonyl (C=O) groups excluding carboxylic acids is 2. The molecule has 0 fully saturated rings. The summed E-state index contributed by atoms with van der Waals surface area (Å²) in [5, 5.41) is 14.5. The zero-order chi connectivity index (χ0) is 29.7. The van der Waals surface area contributed by atoms with Crippen molar-refractivity contribution in [3.63, 3.8) is 0 Å². The third kappa shape index (κ3) is 6.54. The predicted octanol–water partition coefficient (Wildman–Crippen LogP) is 5.25. The first-order valence-corrected chi connectivity index (χ1v) is 16.0. The predicted molar refractivity (Wildman–Crippen MR) is 153 cm³/mol. The van der Waals surface area contributed by atoms with E-state index in [1.807, 2.05) is 18.2 Å². The summed E-state index contributed by atoms with van der Waals surface area (Å²) in [5.41, 5.74) is 0.941. The van der Waals surface area contributed by atoms with Gasteiger partial charge in [-0.3, -0.25) is 9.42 Å². The molecule has 0 aliphatic rings. The van der Waals surface area contributed by atoms with Crippen LogP contribution in [0.1, 0.15) is 16.8 Å². The summed E-state index contributed by atoms with van der Waals surface area (Å²) in [7, 11) is -1.26. The van der Waals surface area contributed by atoms with E-state index in [4.69, 9.17) is 26.4 Å². The van der Waals surface area contributed by atoms with Crippen LogP contribution in [-0.4, -0.2) is 32.1 Å². The Bertz CT molecular complexity index is 1900. The largest absolute Gasteiger partial charge is 0.454 e. The van der Waals surface area contributed by atoms with Crippen molar-refractivity contribution in [2.24, 2.45) is 0 Å². The van der Waals surface area contributed by atoms with E-state index in [0.29, 0.717) is 5.75 Å². The number of aromatic nitrogens is 2. The van der Waals surface area contributed by atoms with Gasteiger partial charge in [0.15, 0.2) is 0 Å². The molecular formula is C27H18N2O9S4. The van der Waals surface area contributed by atoms with Crippen molar-refractivity contribution < 1.29 is 41.7 Å². The van der Waals surface area contributed by atoms with Crippen LogP contribution in [0, 0.1) is 9.03 Å². The molecule has 15 heteroatoms. The fraction of sp³-hybridized carbons (Fsp3) is 0.0741. The summed E-state index contributed by atoms with van der Waals surface area (Å²) in [6.45, 7) is -0.403. The SMILES string of the molecule is O=C(CCOc1no[n+]([O-])c1S(=O)(=O)c1ccccc1)Oc1ccccc1C(=O)Oc1ccc(-c2cc(=S)ss2)cc1. The van der Waals surface area contributed by atoms with Crippen LogP contribution in [0.5, 0.6) is 17.4 Å². The Hall–Kier alpha value is -4.44. The topological polar surface area (TPSA) is 149 Å². The van der Waals surface area contributed by atoms with Gasteiger partial charge in [0, 0.05) is 4.88 Å². The van der Waals surface area contributed by atoms with E-state index >= 15 is 0 Å². The van der Waals surface area contributed by atoms with Crippen molar-refractivity contribution in [3.8, 4) is 27.8 Å². The monoisotopic (exact) mass is 642 g/mol. The minimum atomic E-state index is -4.31. The molecule has 0 N–H and O–H groups in total. The Morgan fingerprint density at radius 3 is 2.38 bits per heavy atom. The van der Waals surface area contributed by atoms with Gasteiger partial charge in [-0.2, -0.15) is 0 Å². The highest BCUT2D eigenvalue weighted by atomic mass is 32.9. The lowest BCUT2D eigenvalue weighted by molar-refractivity contribution is -0.832. The lowest BCUT2D eigenvalue weighted by atomic mass is 10.2. The van der Waals surface area contributed by atoms with Gasteiger partial charge >= 0.3 is 22.8 Å². The summed E-state index contributed by atoms with van der Waals surface area (Å²) in [5.74, 6) is -1.91. The van der Waals surface area contributed by atoms with Gasteiger partial charge in [0.2, 0.25) is 0 Å². The van der Waals surface area contributed by atoms with Crippen molar-refractivity contribution in [2.45, 2.75) is 16.3 Å². The van der Waals surface area contributed by atoms with Crippen molar-refractivity contribution in [2.75, 3.05) is 6.61 Å². The number of esters is 2. The zero-order valence-electron chi connectivity index (χ0n) is 21.2. The lowest BCUT2D eigenvalue weighted by Crippen LogP contribution is -2.31. The van der Waals surface area contributed by atoms with Crippen LogP contribution in [0.15, 0.2) is 99.5 Å². The van der Waals surface area contributed by atoms with Crippen molar-refractivity contribution in [1.29, 1.82) is 0 Å². The maximum absolute atomic E-state index is 12.9. The molecule has 2 heterocycles. The Labute approximate surface area is 251 Å². The number of ether oxygens (including phenoxy) is 3. The van der Waals surface area contributed by atoms with Gasteiger partial charge in [-0.1, -0.05) is 63.2 Å². The molecule has 2 aromatic heterocycles. The molecule has 5 rings (SSSR count). The highest BCUT2D eigenvalue weighted by Crippen LogP contribution is 2.31. The smallest absolute Gasteiger partial charge is 0.414 e. The van der Waals surface area contributed by atoms with Crippen LogP contribution in [0.4, 0.5) is 0 Å². The van der Waals surface area contributed by atoms with Crippen LogP contribution in [0.25, 0.3) is 10.4 Å². The number of carbonyl (C=O) groups is 2. The zero-order valence-corrected chi connectivity index (χ0v) is 24.5. The summed E-state index contributed by atoms with van der Waals surface area (Å²) in [4.78, 5) is 25.9. The van der Waals surface area contributed by atoms with E-state index < -0.39 is 39.3 Å². The van der Waals surface area contributed by atoms with Crippen LogP contribution < -0.4 is 19.1 Å². The molecule has 0 radical (unpaired) electrons. The van der Waals surface area contributed by atoms with Gasteiger partial charge < -0.3 is 19.4 Å². The number of hydrogen-bond donors (Lipinski definition) is 0. The number of sulfone groups is 1. The standard InChI is InChI=1S/C27H18N2O9S4/c30-23(14-15-35-25-26(29(32)38-28-25)42(33,34)19-6-2-1-3-7-19)37-21-9-5-4-8-20(21)27(31)36-18-12-10-17(11-13-18)22-16-24(39)41-40-22/h1-13,16H,14-15H2. The average Bonchev–Trinajstić information content (AvgIpc) is 3.59. The Kier molecular flexibility index (Phi) is 8.72. The fourth-order valence-electron chi connectivity index (χ4n) is 3.59. The fourth-order valence-corrected chi connectivity index (χ4v) is 7.29. The van der Waals surface area contributed by atoms with Crippen molar-refractivity contribution in [1.82, 2.24) is 5.16 Å². The highest BCUT2D eigenvalue weighted by Gasteiger charge is 2.35. The van der Waals surface area contributed by atoms with E-state index in [1.165, 1.54) is 46.7 Å². The number of rotatable bonds is 10. The molecule has 0 aliphatic heterocycles. The first-order valence-electron chi connectivity index (χ1n) is 12.0. The number of hydrogen-bond acceptors (Lipinski definition) is 13. The van der Waals surface area contributed by atoms with E-state index in [1.54, 1.807) is 40.7 Å². The van der Waals surface area contributed by atoms with Gasteiger partial charge in [0.05, 0.1) is 16.5 Å². The summed E-state index contributed by atoms with van der Waals surface area (Å²) in [6, 6.07) is 22.0. The molecule has 42 heavy (non-hydrogen) atoms. The number of benzene rings is 3. The van der Waals surface area contributed by atoms with Crippen LogP contribution in [0.2, 0.25) is 0 Å². The molecule has 5 aromatic rings. The quantitative estimate of drug-likeness (QED) is 0.0646. The van der Waals surface area contributed by atoms with E-state index in [2.05, 4.69) is 9.79 Å². The molecule has 0 amide bonds. The third-order valence-corrected chi connectivity index (χ3v) is 10.2. The second-order valence-corrected chi connectivity index (χ2v) is 13.1. The van der Waals surface area contributed by atoms with E-state index in [9.17, 15) is 23.2 Å². The second kappa shape index (κ2) is 12.6. The van der Waals surface area contributed by atoms with Crippen LogP contribution in [0.3, 0.4) is 0 Å². The average molecular weight is 643 g/mol. The molecule has 0 bridgehead atoms. The number of nitrogens with zero attached hydrogens (tertiary/aromatic N) is 2. The molecule has 11 nitrogen and oxygen atoms in total. The second-order valence-electron chi connectivity index (χ2n) is 8.33. The molecule has 214 valence electrons. The van der Waals surface area contributed by atoms with Crippen LogP contribution >= 0.6 is 32.9 Å². The maximum Gasteiger partial charge on any atom is 0.414 e. The number of para-hydroxylation sites is 1. The molecule has 3 aromatic carbocycles. The van der Waals surface area contributed by atoms with Gasteiger partial charge in [-0.15, -0.1) is 0 Å². The summed E-state index contributed by atoms with van der Waals surface area (Å²) in [6.07, 6.45) is -0.378. The van der Waals surface area contributed by atoms with Gasteiger partial charge in [-0.25, -0.2) is 13.2 Å². The van der Waals surface area contributed by atoms with Crippen LogP contribution in [-0.2, 0) is 14.6 Å². The summed E-state index contributed by atoms with van der Waals surface area (Å²) < 4.78 is 47.0. The molecule has 0 saturated carbocycles.